The minimum Gasteiger partial charge on any atom is -0.478 e. The molecule has 0 bridgehead atoms. The van der Waals surface area contributed by atoms with Crippen LogP contribution in [0.2, 0.25) is 0 Å². The first-order chi connectivity index (χ1) is 8.70. The Kier molecular flexibility index (Phi) is 3.73. The van der Waals surface area contributed by atoms with E-state index in [1.165, 1.54) is 12.3 Å². The first-order valence-electron chi connectivity index (χ1n) is 5.58. The molecule has 0 unspecified atom stereocenters. The van der Waals surface area contributed by atoms with Gasteiger partial charge in [-0.15, -0.1) is 10.2 Å². The Hall–Kier alpha value is -2.15. The smallest absolute Gasteiger partial charge is 0.338 e. The third-order valence-electron chi connectivity index (χ3n) is 2.52. The zero-order valence-electron chi connectivity index (χ0n) is 9.96. The molecule has 0 radical (unpaired) electrons. The fraction of sp³-hybridized carbons (Fsp3) is 0.364. The molecule has 2 heterocycles. The Bertz CT molecular complexity index is 532. The van der Waals surface area contributed by atoms with Crippen molar-refractivity contribution in [3.05, 3.63) is 35.8 Å². The standard InChI is InChI=1S/C11H14N4O3/c1-2-15-7-13-14-10(15)5-12-4-9-3-8(6-18-9)11(16)17/h3,6-7,12H,2,4-5H2,1H3,(H,16,17). The molecule has 0 atom stereocenters. The quantitative estimate of drug-likeness (QED) is 0.790. The maximum absolute atomic E-state index is 10.7. The van der Waals surface area contributed by atoms with Gasteiger partial charge in [0.2, 0.25) is 0 Å². The predicted octanol–water partition coefficient (Wildman–Crippen LogP) is 0.879. The van der Waals surface area contributed by atoms with E-state index < -0.39 is 5.97 Å². The van der Waals surface area contributed by atoms with Gasteiger partial charge < -0.3 is 19.4 Å². The van der Waals surface area contributed by atoms with Crippen molar-refractivity contribution >= 4 is 5.97 Å². The van der Waals surface area contributed by atoms with Gasteiger partial charge in [0.25, 0.3) is 0 Å². The van der Waals surface area contributed by atoms with E-state index in [9.17, 15) is 4.79 Å². The third kappa shape index (κ3) is 2.75. The van der Waals surface area contributed by atoms with Gasteiger partial charge in [-0.2, -0.15) is 0 Å². The average Bonchev–Trinajstić information content (AvgIpc) is 2.97. The van der Waals surface area contributed by atoms with Gasteiger partial charge in [-0.3, -0.25) is 0 Å². The molecule has 0 fully saturated rings. The van der Waals surface area contributed by atoms with Crippen LogP contribution >= 0.6 is 0 Å². The molecular formula is C11H14N4O3. The van der Waals surface area contributed by atoms with Crippen molar-refractivity contribution in [2.75, 3.05) is 0 Å². The summed E-state index contributed by atoms with van der Waals surface area (Å²) in [5.41, 5.74) is 0.156. The van der Waals surface area contributed by atoms with Crippen LogP contribution in [0.3, 0.4) is 0 Å². The van der Waals surface area contributed by atoms with Gasteiger partial charge in [0.15, 0.2) is 0 Å². The fourth-order valence-electron chi connectivity index (χ4n) is 1.56. The van der Waals surface area contributed by atoms with Gasteiger partial charge >= 0.3 is 5.97 Å². The number of carboxylic acid groups (broad SMARTS) is 1. The number of hydrogen-bond donors (Lipinski definition) is 2. The predicted molar refractivity (Wildman–Crippen MR) is 61.9 cm³/mol. The second-order valence-electron chi connectivity index (χ2n) is 3.74. The van der Waals surface area contributed by atoms with Gasteiger partial charge in [-0.1, -0.05) is 0 Å². The van der Waals surface area contributed by atoms with Crippen molar-refractivity contribution in [2.45, 2.75) is 26.6 Å². The van der Waals surface area contributed by atoms with E-state index in [1.54, 1.807) is 6.33 Å². The molecule has 0 aromatic carbocycles. The molecular weight excluding hydrogens is 236 g/mol. The summed E-state index contributed by atoms with van der Waals surface area (Å²) < 4.78 is 7.04. The molecule has 0 saturated carbocycles. The zero-order valence-corrected chi connectivity index (χ0v) is 9.96. The van der Waals surface area contributed by atoms with E-state index in [1.807, 2.05) is 11.5 Å². The molecule has 2 N–H and O–H groups in total. The van der Waals surface area contributed by atoms with E-state index >= 15 is 0 Å². The van der Waals surface area contributed by atoms with Crippen LogP contribution in [0, 0.1) is 0 Å². The van der Waals surface area contributed by atoms with Crippen molar-refractivity contribution in [3.63, 3.8) is 0 Å². The number of aromatic nitrogens is 3. The van der Waals surface area contributed by atoms with Crippen molar-refractivity contribution in [1.29, 1.82) is 0 Å². The van der Waals surface area contributed by atoms with E-state index in [0.717, 1.165) is 12.4 Å². The normalized spacial score (nSPS) is 10.7. The largest absolute Gasteiger partial charge is 0.478 e. The highest BCUT2D eigenvalue weighted by molar-refractivity contribution is 5.87. The molecule has 2 aromatic rings. The first-order valence-corrected chi connectivity index (χ1v) is 5.58. The van der Waals surface area contributed by atoms with E-state index in [4.69, 9.17) is 9.52 Å². The minimum atomic E-state index is -0.990. The minimum absolute atomic E-state index is 0.156. The number of furan rings is 1. The molecule has 7 heteroatoms. The van der Waals surface area contributed by atoms with Crippen LogP contribution in [0.4, 0.5) is 0 Å². The summed E-state index contributed by atoms with van der Waals surface area (Å²) in [4.78, 5) is 10.7. The van der Waals surface area contributed by atoms with Crippen LogP contribution in [0.5, 0.6) is 0 Å². The Morgan fingerprint density at radius 2 is 2.39 bits per heavy atom. The van der Waals surface area contributed by atoms with Crippen molar-refractivity contribution in [3.8, 4) is 0 Å². The van der Waals surface area contributed by atoms with Gasteiger partial charge in [0.1, 0.15) is 24.2 Å². The third-order valence-corrected chi connectivity index (χ3v) is 2.52. The van der Waals surface area contributed by atoms with Crippen LogP contribution in [0.1, 0.15) is 28.9 Å². The maximum Gasteiger partial charge on any atom is 0.338 e. The summed E-state index contributed by atoms with van der Waals surface area (Å²) in [5, 5.41) is 19.7. The summed E-state index contributed by atoms with van der Waals surface area (Å²) >= 11 is 0. The lowest BCUT2D eigenvalue weighted by Crippen LogP contribution is -2.16. The summed E-state index contributed by atoms with van der Waals surface area (Å²) in [6, 6.07) is 1.50. The van der Waals surface area contributed by atoms with Gasteiger partial charge in [-0.05, 0) is 13.0 Å². The number of hydrogen-bond acceptors (Lipinski definition) is 5. The Morgan fingerprint density at radius 3 is 3.06 bits per heavy atom. The fourth-order valence-corrected chi connectivity index (χ4v) is 1.56. The van der Waals surface area contributed by atoms with E-state index in [-0.39, 0.29) is 5.56 Å². The highest BCUT2D eigenvalue weighted by Gasteiger charge is 2.08. The van der Waals surface area contributed by atoms with Gasteiger partial charge in [-0.25, -0.2) is 4.79 Å². The Morgan fingerprint density at radius 1 is 1.56 bits per heavy atom. The molecule has 0 aliphatic rings. The summed E-state index contributed by atoms with van der Waals surface area (Å²) in [6.45, 7) is 3.83. The van der Waals surface area contributed by atoms with Gasteiger partial charge in [0.05, 0.1) is 18.7 Å². The molecule has 0 aliphatic heterocycles. The molecule has 0 saturated heterocycles. The van der Waals surface area contributed by atoms with Gasteiger partial charge in [0, 0.05) is 6.54 Å². The van der Waals surface area contributed by atoms with Crippen LogP contribution in [0.15, 0.2) is 23.1 Å². The number of nitrogens with zero attached hydrogens (tertiary/aromatic N) is 3. The van der Waals surface area contributed by atoms with Crippen LogP contribution in [0.25, 0.3) is 0 Å². The lowest BCUT2D eigenvalue weighted by Gasteiger charge is -2.03. The van der Waals surface area contributed by atoms with Crippen LogP contribution in [-0.4, -0.2) is 25.8 Å². The topological polar surface area (TPSA) is 93.2 Å². The molecule has 0 amide bonds. The Labute approximate surface area is 103 Å². The summed E-state index contributed by atoms with van der Waals surface area (Å²) in [6.07, 6.45) is 2.90. The number of carbonyl (C=O) groups is 1. The maximum atomic E-state index is 10.7. The second-order valence-corrected chi connectivity index (χ2v) is 3.74. The molecule has 2 aromatic heterocycles. The SMILES string of the molecule is CCn1cnnc1CNCc1cc(C(=O)O)co1. The summed E-state index contributed by atoms with van der Waals surface area (Å²) in [5.74, 6) is 0.424. The highest BCUT2D eigenvalue weighted by atomic mass is 16.4. The van der Waals surface area contributed by atoms with Crippen LogP contribution in [-0.2, 0) is 19.6 Å². The number of carboxylic acids is 1. The number of nitrogens with one attached hydrogen (secondary N) is 1. The van der Waals surface area contributed by atoms with Crippen molar-refractivity contribution < 1.29 is 14.3 Å². The molecule has 7 nitrogen and oxygen atoms in total. The number of aryl methyl sites for hydroxylation is 1. The van der Waals surface area contributed by atoms with Crippen LogP contribution < -0.4 is 5.32 Å². The highest BCUT2D eigenvalue weighted by Crippen LogP contribution is 2.07. The van der Waals surface area contributed by atoms with Crippen molar-refractivity contribution in [1.82, 2.24) is 20.1 Å². The summed E-state index contributed by atoms with van der Waals surface area (Å²) in [7, 11) is 0. The van der Waals surface area contributed by atoms with E-state index in [2.05, 4.69) is 15.5 Å². The Balaban J connectivity index is 1.86. The zero-order chi connectivity index (χ0) is 13.0. The molecule has 18 heavy (non-hydrogen) atoms. The number of aromatic carboxylic acids is 1. The van der Waals surface area contributed by atoms with E-state index in [0.29, 0.717) is 18.8 Å². The lowest BCUT2D eigenvalue weighted by atomic mass is 10.3. The second kappa shape index (κ2) is 5.46. The monoisotopic (exact) mass is 250 g/mol. The molecule has 0 spiro atoms. The molecule has 2 rings (SSSR count). The number of rotatable bonds is 6. The van der Waals surface area contributed by atoms with Crippen molar-refractivity contribution in [2.24, 2.45) is 0 Å². The molecule has 96 valence electrons. The molecule has 0 aliphatic carbocycles. The average molecular weight is 250 g/mol. The lowest BCUT2D eigenvalue weighted by molar-refractivity contribution is 0.0696. The first kappa shape index (κ1) is 12.3.